The van der Waals surface area contributed by atoms with E-state index in [0.29, 0.717) is 12.1 Å². The van der Waals surface area contributed by atoms with Crippen LogP contribution in [0.4, 0.5) is 4.79 Å². The molecular formula is C22H34N4O4. The molecule has 1 fully saturated rings. The number of hydrogen-bond acceptors (Lipinski definition) is 7. The topological polar surface area (TPSA) is 95.0 Å². The summed E-state index contributed by atoms with van der Waals surface area (Å²) in [5.74, 6) is -0.521. The average Bonchev–Trinajstić information content (AvgIpc) is 2.69. The predicted molar refractivity (Wildman–Crippen MR) is 116 cm³/mol. The second kappa shape index (κ2) is 9.82. The Morgan fingerprint density at radius 2 is 1.93 bits per heavy atom. The van der Waals surface area contributed by atoms with E-state index in [9.17, 15) is 9.59 Å². The molecule has 0 spiro atoms. The molecule has 0 aromatic carbocycles. The summed E-state index contributed by atoms with van der Waals surface area (Å²) in [5.41, 5.74) is 1.40. The number of likely N-dealkylation sites (tertiary alicyclic amines) is 1. The second-order valence-corrected chi connectivity index (χ2v) is 8.33. The zero-order valence-electron chi connectivity index (χ0n) is 18.9. The van der Waals surface area contributed by atoms with Crippen molar-refractivity contribution < 1.29 is 19.1 Å². The zero-order valence-corrected chi connectivity index (χ0v) is 18.9. The maximum atomic E-state index is 12.6. The number of carbonyl (C=O) groups is 2. The van der Waals surface area contributed by atoms with Crippen LogP contribution < -0.4 is 5.32 Å². The summed E-state index contributed by atoms with van der Waals surface area (Å²) < 4.78 is 10.3. The second-order valence-electron chi connectivity index (χ2n) is 8.33. The van der Waals surface area contributed by atoms with Crippen molar-refractivity contribution in [2.75, 3.05) is 33.8 Å². The molecule has 0 aromatic heterocycles. The van der Waals surface area contributed by atoms with Crippen molar-refractivity contribution in [1.29, 1.82) is 5.41 Å². The smallest absolute Gasteiger partial charge is 0.410 e. The Morgan fingerprint density at radius 3 is 2.43 bits per heavy atom. The third-order valence-corrected chi connectivity index (χ3v) is 5.13. The van der Waals surface area contributed by atoms with Crippen molar-refractivity contribution in [2.45, 2.75) is 52.2 Å². The summed E-state index contributed by atoms with van der Waals surface area (Å²) in [7, 11) is 3.08. The zero-order chi connectivity index (χ0) is 22.5. The number of nitrogens with one attached hydrogen (secondary N) is 2. The molecule has 0 unspecified atom stereocenters. The van der Waals surface area contributed by atoms with E-state index in [4.69, 9.17) is 14.9 Å². The minimum Gasteiger partial charge on any atom is -0.465 e. The highest BCUT2D eigenvalue weighted by molar-refractivity contribution is 6.27. The van der Waals surface area contributed by atoms with Gasteiger partial charge in [-0.25, -0.2) is 9.59 Å². The van der Waals surface area contributed by atoms with Crippen molar-refractivity contribution >= 4 is 17.8 Å². The van der Waals surface area contributed by atoms with Gasteiger partial charge in [0.1, 0.15) is 5.60 Å². The first-order chi connectivity index (χ1) is 14.1. The van der Waals surface area contributed by atoms with Gasteiger partial charge in [-0.2, -0.15) is 0 Å². The van der Waals surface area contributed by atoms with E-state index < -0.39 is 11.6 Å². The summed E-state index contributed by atoms with van der Waals surface area (Å²) in [5, 5.41) is 11.4. The van der Waals surface area contributed by atoms with E-state index in [1.807, 2.05) is 33.8 Å². The molecule has 0 saturated carbocycles. The van der Waals surface area contributed by atoms with E-state index in [1.165, 1.54) is 7.11 Å². The van der Waals surface area contributed by atoms with E-state index in [-0.39, 0.29) is 23.4 Å². The van der Waals surface area contributed by atoms with E-state index in [1.54, 1.807) is 24.2 Å². The largest absolute Gasteiger partial charge is 0.465 e. The van der Waals surface area contributed by atoms with Crippen molar-refractivity contribution in [1.82, 2.24) is 15.1 Å². The minimum absolute atomic E-state index is 0.114. The van der Waals surface area contributed by atoms with Gasteiger partial charge >= 0.3 is 12.1 Å². The molecule has 2 rings (SSSR count). The van der Waals surface area contributed by atoms with Crippen molar-refractivity contribution in [2.24, 2.45) is 0 Å². The molecule has 1 amide bonds. The lowest BCUT2D eigenvalue weighted by atomic mass is 9.92. The number of esters is 1. The first-order valence-corrected chi connectivity index (χ1v) is 10.3. The van der Waals surface area contributed by atoms with Crippen LogP contribution >= 0.6 is 0 Å². The predicted octanol–water partition coefficient (Wildman–Crippen LogP) is 2.83. The van der Waals surface area contributed by atoms with Gasteiger partial charge in [0.25, 0.3) is 0 Å². The summed E-state index contributed by atoms with van der Waals surface area (Å²) >= 11 is 0. The van der Waals surface area contributed by atoms with Crippen LogP contribution in [0.25, 0.3) is 0 Å². The molecule has 1 saturated heterocycles. The Bertz CT molecular complexity index is 768. The molecule has 166 valence electrons. The highest BCUT2D eigenvalue weighted by Gasteiger charge is 2.33. The van der Waals surface area contributed by atoms with Crippen LogP contribution in [0.15, 0.2) is 35.2 Å². The van der Waals surface area contributed by atoms with Gasteiger partial charge in [0.2, 0.25) is 0 Å². The van der Waals surface area contributed by atoms with Crippen LogP contribution in [0.1, 0.15) is 40.5 Å². The fourth-order valence-electron chi connectivity index (χ4n) is 3.73. The lowest BCUT2D eigenvalue weighted by Gasteiger charge is -2.41. The maximum absolute atomic E-state index is 12.6. The molecule has 0 radical (unpaired) electrons. The number of methoxy groups -OCH3 is 1. The number of piperidine rings is 1. The number of hydrogen-bond donors (Lipinski definition) is 2. The molecule has 8 heteroatoms. The highest BCUT2D eigenvalue weighted by Crippen LogP contribution is 2.29. The number of amides is 1. The van der Waals surface area contributed by atoms with Crippen molar-refractivity contribution in [3.63, 3.8) is 0 Å². The Balaban J connectivity index is 2.14. The van der Waals surface area contributed by atoms with E-state index in [2.05, 4.69) is 10.2 Å². The molecule has 1 aliphatic heterocycles. The molecule has 0 atom stereocenters. The minimum atomic E-state index is -0.521. The van der Waals surface area contributed by atoms with E-state index in [0.717, 1.165) is 31.6 Å². The average molecular weight is 419 g/mol. The normalized spacial score (nSPS) is 19.2. The van der Waals surface area contributed by atoms with Gasteiger partial charge in [0, 0.05) is 50.2 Å². The van der Waals surface area contributed by atoms with Crippen LogP contribution in [0.5, 0.6) is 0 Å². The third-order valence-electron chi connectivity index (χ3n) is 5.13. The van der Waals surface area contributed by atoms with Gasteiger partial charge in [-0.05, 0) is 52.7 Å². The number of nitrogens with zero attached hydrogens (tertiary/aromatic N) is 2. The van der Waals surface area contributed by atoms with Gasteiger partial charge in [0.15, 0.2) is 0 Å². The third kappa shape index (κ3) is 5.43. The Labute approximate surface area is 179 Å². The van der Waals surface area contributed by atoms with Gasteiger partial charge in [-0.15, -0.1) is 0 Å². The molecule has 8 nitrogen and oxygen atoms in total. The first-order valence-electron chi connectivity index (χ1n) is 10.3. The molecule has 2 aliphatic rings. The number of carbonyl (C=O) groups excluding carboxylic acids is 2. The lowest BCUT2D eigenvalue weighted by Crippen LogP contribution is -2.49. The summed E-state index contributed by atoms with van der Waals surface area (Å²) in [6.07, 6.45) is 6.57. The number of rotatable bonds is 5. The summed E-state index contributed by atoms with van der Waals surface area (Å²) in [6.45, 7) is 9.67. The molecular weight excluding hydrogens is 384 g/mol. The molecule has 0 bridgehead atoms. The van der Waals surface area contributed by atoms with E-state index >= 15 is 0 Å². The molecule has 2 N–H and O–H groups in total. The lowest BCUT2D eigenvalue weighted by molar-refractivity contribution is -0.135. The van der Waals surface area contributed by atoms with Gasteiger partial charge < -0.3 is 24.6 Å². The van der Waals surface area contributed by atoms with Gasteiger partial charge in [-0.3, -0.25) is 5.41 Å². The van der Waals surface area contributed by atoms with Crippen molar-refractivity contribution in [3.8, 4) is 0 Å². The summed E-state index contributed by atoms with van der Waals surface area (Å²) in [4.78, 5) is 28.5. The SMILES string of the molecule is CCN(C(=O)OC(C)(C)C)C1CCN(C2=CC=C(C(=O)OC)C(=N)/C2=C\NC)CC1. The van der Waals surface area contributed by atoms with Crippen LogP contribution in [0.3, 0.4) is 0 Å². The summed E-state index contributed by atoms with van der Waals surface area (Å²) in [6, 6.07) is 0.114. The van der Waals surface area contributed by atoms with Gasteiger partial charge in [-0.1, -0.05) is 0 Å². The Kier molecular flexibility index (Phi) is 7.70. The number of allylic oxidation sites excluding steroid dienone is 3. The quantitative estimate of drug-likeness (QED) is 0.667. The monoisotopic (exact) mass is 418 g/mol. The van der Waals surface area contributed by atoms with Crippen LogP contribution in [0.2, 0.25) is 0 Å². The molecule has 0 aromatic rings. The Hall–Kier alpha value is -2.77. The van der Waals surface area contributed by atoms with Gasteiger partial charge in [0.05, 0.1) is 18.4 Å². The van der Waals surface area contributed by atoms with Crippen LogP contribution in [0, 0.1) is 5.41 Å². The highest BCUT2D eigenvalue weighted by atomic mass is 16.6. The fourth-order valence-corrected chi connectivity index (χ4v) is 3.73. The number of ether oxygens (including phenoxy) is 2. The molecule has 1 heterocycles. The standard InChI is InChI=1S/C22H34N4O4/c1-7-26(21(28)30-22(2,3)4)15-10-12-25(13-11-15)18-9-8-16(20(27)29-6)19(23)17(18)14-24-5/h8-9,14-15,23-24H,7,10-13H2,1-6H3/b17-14-,23-19?. The Morgan fingerprint density at radius 1 is 1.30 bits per heavy atom. The molecule has 30 heavy (non-hydrogen) atoms. The van der Waals surface area contributed by atoms with Crippen molar-refractivity contribution in [3.05, 3.63) is 35.2 Å². The first kappa shape index (κ1) is 23.5. The fraction of sp³-hybridized carbons (Fsp3) is 0.591. The molecule has 1 aliphatic carbocycles. The van der Waals surface area contributed by atoms with Crippen LogP contribution in [-0.4, -0.2) is 73.0 Å². The maximum Gasteiger partial charge on any atom is 0.410 e. The van der Waals surface area contributed by atoms with Crippen LogP contribution in [-0.2, 0) is 14.3 Å².